The third-order valence-electron chi connectivity index (χ3n) is 13.2. The second kappa shape index (κ2) is 17.0. The molecule has 5 aliphatic heterocycles. The van der Waals surface area contributed by atoms with Crippen LogP contribution in [0.2, 0.25) is 0 Å². The summed E-state index contributed by atoms with van der Waals surface area (Å²) in [5.41, 5.74) is 12.0. The van der Waals surface area contributed by atoms with Gasteiger partial charge in [0, 0.05) is 82.3 Å². The Morgan fingerprint density at radius 1 is 0.887 bits per heavy atom. The number of nitrogens with two attached hydrogens (primary N) is 1. The summed E-state index contributed by atoms with van der Waals surface area (Å²) in [6, 6.07) is 8.02. The summed E-state index contributed by atoms with van der Waals surface area (Å²) in [5, 5.41) is 20.8. The molecule has 4 aromatic rings. The molecule has 0 radical (unpaired) electrons. The minimum atomic E-state index is -3.10. The van der Waals surface area contributed by atoms with Crippen molar-refractivity contribution in [2.75, 3.05) is 69.7 Å². The molecule has 4 N–H and O–H groups in total. The van der Waals surface area contributed by atoms with E-state index in [-0.39, 0.29) is 66.2 Å². The highest BCUT2D eigenvalue weighted by molar-refractivity contribution is 5.97. The Bertz CT molecular complexity index is 2330. The van der Waals surface area contributed by atoms with Gasteiger partial charge in [0.05, 0.1) is 42.6 Å². The van der Waals surface area contributed by atoms with Crippen LogP contribution in [0.15, 0.2) is 42.7 Å². The number of phenols is 2. The number of piperidine rings is 2. The minimum Gasteiger partial charge on any atom is -0.508 e. The van der Waals surface area contributed by atoms with Crippen molar-refractivity contribution in [2.45, 2.75) is 83.6 Å². The van der Waals surface area contributed by atoms with Crippen molar-refractivity contribution >= 4 is 23.6 Å². The number of amides is 2. The highest BCUT2D eigenvalue weighted by atomic mass is 19.3. The number of aromatic nitrogens is 4. The van der Waals surface area contributed by atoms with Crippen LogP contribution in [0, 0.1) is 5.92 Å². The number of carbonyl (C=O) groups excluding carboxylic acids is 2. The van der Waals surface area contributed by atoms with Crippen molar-refractivity contribution in [1.29, 1.82) is 0 Å². The third kappa shape index (κ3) is 8.37. The van der Waals surface area contributed by atoms with Gasteiger partial charge in [-0.25, -0.2) is 28.7 Å². The first-order valence-electron chi connectivity index (χ1n) is 21.7. The van der Waals surface area contributed by atoms with Gasteiger partial charge in [0.25, 0.3) is 11.8 Å². The lowest BCUT2D eigenvalue weighted by Crippen LogP contribution is -2.61. The van der Waals surface area contributed by atoms with E-state index in [0.29, 0.717) is 107 Å². The van der Waals surface area contributed by atoms with Gasteiger partial charge in [0.1, 0.15) is 17.3 Å². The number of fused-ring (bicyclic) bond motifs is 2. The van der Waals surface area contributed by atoms with E-state index in [1.165, 1.54) is 11.0 Å². The summed E-state index contributed by atoms with van der Waals surface area (Å²) in [6.45, 7) is 9.56. The maximum Gasteiger partial charge on any atom is 0.280 e. The summed E-state index contributed by atoms with van der Waals surface area (Å²) in [7, 11) is 0. The molecular weight excluding hydrogens is 799 g/mol. The van der Waals surface area contributed by atoms with Gasteiger partial charge in [-0.1, -0.05) is 32.0 Å². The van der Waals surface area contributed by atoms with Crippen molar-refractivity contribution in [1.82, 2.24) is 39.5 Å². The molecule has 7 heterocycles. The summed E-state index contributed by atoms with van der Waals surface area (Å²) >= 11 is 0. The average molecular weight is 853 g/mol. The molecule has 0 aliphatic carbocycles. The maximum atomic E-state index is 16.2. The van der Waals surface area contributed by atoms with E-state index in [1.54, 1.807) is 23.4 Å². The molecule has 62 heavy (non-hydrogen) atoms. The number of anilines is 2. The standard InChI is InChI=1S/C45H54F2N10O5/c1-27(2)34-18-35(38(59)19-37(34)58)43(61)57-23-30-4-3-28(17-31(30)24-57)22-53-9-5-29(6-10-53)42(60)56-12-8-39(45(46,47)26-56)55-11-7-33-36(25-55)51-40(32-20-49-44(48)50-21-32)52-41(33)54-13-15-62-16-14-54/h3-4,17-21,27,29,39,58-59H,5-16,22-26H2,1-2H3,(H2,48,49,50). The fraction of sp³-hybridized carbons (Fsp3) is 0.511. The number of aromatic hydroxyl groups is 2. The molecule has 5 aliphatic rings. The fourth-order valence-electron chi connectivity index (χ4n) is 9.82. The lowest BCUT2D eigenvalue weighted by molar-refractivity contribution is -0.160. The van der Waals surface area contributed by atoms with Crippen LogP contribution in [0.3, 0.4) is 0 Å². The fourth-order valence-corrected chi connectivity index (χ4v) is 9.82. The van der Waals surface area contributed by atoms with E-state index in [1.807, 2.05) is 24.8 Å². The lowest BCUT2D eigenvalue weighted by Gasteiger charge is -2.46. The maximum absolute atomic E-state index is 16.2. The molecule has 1 atom stereocenters. The predicted molar refractivity (Wildman–Crippen MR) is 226 cm³/mol. The number of nitrogens with zero attached hydrogens (tertiary/aromatic N) is 9. The first kappa shape index (κ1) is 41.8. The molecule has 2 aromatic carbocycles. The Morgan fingerprint density at radius 3 is 2.35 bits per heavy atom. The monoisotopic (exact) mass is 852 g/mol. The van der Waals surface area contributed by atoms with Gasteiger partial charge in [-0.2, -0.15) is 0 Å². The number of hydrogen-bond donors (Lipinski definition) is 3. The van der Waals surface area contributed by atoms with Crippen molar-refractivity contribution in [3.05, 3.63) is 81.8 Å². The van der Waals surface area contributed by atoms with Crippen LogP contribution >= 0.6 is 0 Å². The first-order valence-corrected chi connectivity index (χ1v) is 21.7. The zero-order valence-electron chi connectivity index (χ0n) is 35.3. The van der Waals surface area contributed by atoms with Gasteiger partial charge >= 0.3 is 0 Å². The van der Waals surface area contributed by atoms with Crippen LogP contribution < -0.4 is 10.6 Å². The van der Waals surface area contributed by atoms with Crippen LogP contribution in [-0.4, -0.2) is 133 Å². The number of ether oxygens (including phenoxy) is 1. The number of hydrogen-bond acceptors (Lipinski definition) is 13. The largest absolute Gasteiger partial charge is 0.508 e. The Kier molecular flexibility index (Phi) is 11.5. The van der Waals surface area contributed by atoms with Crippen LogP contribution in [-0.2, 0) is 42.1 Å². The van der Waals surface area contributed by atoms with Crippen molar-refractivity contribution in [3.8, 4) is 22.9 Å². The van der Waals surface area contributed by atoms with E-state index >= 15 is 8.78 Å². The van der Waals surface area contributed by atoms with Gasteiger partial charge in [-0.15, -0.1) is 0 Å². The summed E-state index contributed by atoms with van der Waals surface area (Å²) in [4.78, 5) is 54.7. The van der Waals surface area contributed by atoms with E-state index < -0.39 is 18.5 Å². The number of benzene rings is 2. The predicted octanol–water partition coefficient (Wildman–Crippen LogP) is 4.55. The van der Waals surface area contributed by atoms with Gasteiger partial charge in [-0.3, -0.25) is 19.4 Å². The van der Waals surface area contributed by atoms with Crippen LogP contribution in [0.1, 0.15) is 82.9 Å². The van der Waals surface area contributed by atoms with Crippen molar-refractivity contribution in [3.63, 3.8) is 0 Å². The van der Waals surface area contributed by atoms with E-state index in [9.17, 15) is 19.8 Å². The molecule has 0 bridgehead atoms. The Morgan fingerprint density at radius 2 is 1.63 bits per heavy atom. The van der Waals surface area contributed by atoms with E-state index in [4.69, 9.17) is 20.4 Å². The summed E-state index contributed by atoms with van der Waals surface area (Å²) < 4.78 is 38.0. The number of rotatable bonds is 8. The number of halogens is 2. The number of alkyl halides is 2. The van der Waals surface area contributed by atoms with Crippen LogP contribution in [0.4, 0.5) is 20.5 Å². The molecule has 9 rings (SSSR count). The van der Waals surface area contributed by atoms with E-state index in [2.05, 4.69) is 31.9 Å². The molecule has 3 saturated heterocycles. The SMILES string of the molecule is CC(C)c1cc(C(=O)N2Cc3ccc(CN4CCC(C(=O)N5CCC(N6CCc7c(nc(-c8cnc(N)nc8)nc7N7CCOCC7)C6)C(F)(F)C5)CC4)cc3C2)c(O)cc1O. The second-order valence-corrected chi connectivity index (χ2v) is 17.7. The molecule has 328 valence electrons. The highest BCUT2D eigenvalue weighted by Gasteiger charge is 2.50. The first-order chi connectivity index (χ1) is 29.8. The average Bonchev–Trinajstić information content (AvgIpc) is 3.69. The summed E-state index contributed by atoms with van der Waals surface area (Å²) in [6.07, 6.45) is 5.04. The van der Waals surface area contributed by atoms with Gasteiger partial charge in [0.15, 0.2) is 5.82 Å². The lowest BCUT2D eigenvalue weighted by atomic mass is 9.91. The van der Waals surface area contributed by atoms with E-state index in [0.717, 1.165) is 28.1 Å². The normalized spacial score (nSPS) is 21.0. The summed E-state index contributed by atoms with van der Waals surface area (Å²) in [5.74, 6) is -2.82. The van der Waals surface area contributed by atoms with Gasteiger partial charge in [0.2, 0.25) is 11.9 Å². The number of morpholine rings is 1. The molecule has 0 saturated carbocycles. The van der Waals surface area contributed by atoms with Crippen molar-refractivity contribution in [2.24, 2.45) is 5.92 Å². The molecule has 3 fully saturated rings. The zero-order chi connectivity index (χ0) is 43.3. The Labute approximate surface area is 359 Å². The van der Waals surface area contributed by atoms with Gasteiger partial charge < -0.3 is 35.4 Å². The third-order valence-corrected chi connectivity index (χ3v) is 13.2. The van der Waals surface area contributed by atoms with Gasteiger partial charge in [-0.05, 0) is 73.0 Å². The molecular formula is C45H54F2N10O5. The second-order valence-electron chi connectivity index (χ2n) is 17.7. The topological polar surface area (TPSA) is 178 Å². The van der Waals surface area contributed by atoms with Crippen LogP contribution in [0.5, 0.6) is 11.5 Å². The number of likely N-dealkylation sites (tertiary alicyclic amines) is 2. The zero-order valence-corrected chi connectivity index (χ0v) is 35.3. The quantitative estimate of drug-likeness (QED) is 0.225. The number of nitrogen functional groups attached to an aromatic ring is 1. The minimum absolute atomic E-state index is 0.0165. The molecule has 15 nitrogen and oxygen atoms in total. The Balaban J connectivity index is 0.794. The molecule has 17 heteroatoms. The molecule has 2 amide bonds. The highest BCUT2D eigenvalue weighted by Crippen LogP contribution is 2.38. The van der Waals surface area contributed by atoms with Crippen LogP contribution in [0.25, 0.3) is 11.4 Å². The Hall–Kier alpha value is -5.52. The molecule has 2 aromatic heterocycles. The van der Waals surface area contributed by atoms with Crippen molar-refractivity contribution < 1.29 is 33.3 Å². The number of carbonyl (C=O) groups is 2. The molecule has 0 spiro atoms. The number of phenolic OH excluding ortho intramolecular Hbond substituents is 2. The smallest absolute Gasteiger partial charge is 0.280 e. The molecule has 1 unspecified atom stereocenters.